The summed E-state index contributed by atoms with van der Waals surface area (Å²) in [6.45, 7) is 12.2. The molecule has 0 amide bonds. The number of rotatable bonds is 5. The van der Waals surface area contributed by atoms with Crippen LogP contribution >= 0.6 is 0 Å². The lowest BCUT2D eigenvalue weighted by atomic mass is 9.75. The fourth-order valence-corrected chi connectivity index (χ4v) is 2.56. The Bertz CT molecular complexity index is 658. The molecule has 1 aliphatic heterocycles. The quantitative estimate of drug-likeness (QED) is 0.348. The summed E-state index contributed by atoms with van der Waals surface area (Å²) in [5.41, 5.74) is 1.99. The maximum absolute atomic E-state index is 11.7. The molecular formula is C20H27BO4. The molecule has 0 radical (unpaired) electrons. The van der Waals surface area contributed by atoms with Gasteiger partial charge in [-0.15, -0.1) is 0 Å². The second-order valence-corrected chi connectivity index (χ2v) is 7.14. The van der Waals surface area contributed by atoms with Gasteiger partial charge in [0.25, 0.3) is 0 Å². The Labute approximate surface area is 151 Å². The van der Waals surface area contributed by atoms with E-state index in [1.165, 1.54) is 6.08 Å². The van der Waals surface area contributed by atoms with E-state index in [1.807, 2.05) is 65.0 Å². The summed E-state index contributed by atoms with van der Waals surface area (Å²) < 4.78 is 17.3. The van der Waals surface area contributed by atoms with Gasteiger partial charge in [-0.25, -0.2) is 4.79 Å². The van der Waals surface area contributed by atoms with Gasteiger partial charge in [-0.2, -0.15) is 0 Å². The number of hydrogen-bond donors (Lipinski definition) is 0. The van der Waals surface area contributed by atoms with E-state index in [0.717, 1.165) is 16.6 Å². The minimum absolute atomic E-state index is 0.351. The molecule has 1 aromatic carbocycles. The molecule has 0 aliphatic carbocycles. The summed E-state index contributed by atoms with van der Waals surface area (Å²) in [7, 11) is -0.466. The first-order chi connectivity index (χ1) is 11.7. The Morgan fingerprint density at radius 2 is 1.64 bits per heavy atom. The van der Waals surface area contributed by atoms with Crippen LogP contribution in [0.3, 0.4) is 0 Å². The van der Waals surface area contributed by atoms with Gasteiger partial charge < -0.3 is 14.0 Å². The molecule has 0 spiro atoms. The van der Waals surface area contributed by atoms with Crippen LogP contribution in [0.4, 0.5) is 0 Å². The number of benzene rings is 1. The minimum Gasteiger partial charge on any atom is -0.463 e. The molecule has 0 unspecified atom stereocenters. The van der Waals surface area contributed by atoms with E-state index >= 15 is 0 Å². The van der Waals surface area contributed by atoms with Crippen LogP contribution < -0.4 is 0 Å². The third kappa shape index (κ3) is 4.41. The van der Waals surface area contributed by atoms with Crippen LogP contribution in [0.5, 0.6) is 0 Å². The van der Waals surface area contributed by atoms with Gasteiger partial charge in [0.1, 0.15) is 0 Å². The molecule has 134 valence electrons. The molecule has 1 saturated heterocycles. The monoisotopic (exact) mass is 342 g/mol. The second-order valence-electron chi connectivity index (χ2n) is 7.14. The van der Waals surface area contributed by atoms with Gasteiger partial charge in [-0.1, -0.05) is 30.3 Å². The van der Waals surface area contributed by atoms with Crippen LogP contribution in [-0.2, 0) is 18.8 Å². The van der Waals surface area contributed by atoms with E-state index in [1.54, 1.807) is 13.0 Å². The maximum Gasteiger partial charge on any atom is 0.490 e. The normalized spacial score (nSPS) is 19.8. The molecule has 5 heteroatoms. The predicted molar refractivity (Wildman–Crippen MR) is 101 cm³/mol. The van der Waals surface area contributed by atoms with Crippen LogP contribution in [0, 0.1) is 0 Å². The Morgan fingerprint density at radius 1 is 1.08 bits per heavy atom. The van der Waals surface area contributed by atoms with Gasteiger partial charge in [0.05, 0.1) is 17.8 Å². The largest absolute Gasteiger partial charge is 0.490 e. The van der Waals surface area contributed by atoms with E-state index in [0.29, 0.717) is 6.61 Å². The zero-order chi connectivity index (χ0) is 18.7. The Balaban J connectivity index is 2.40. The van der Waals surface area contributed by atoms with Crippen molar-refractivity contribution in [2.24, 2.45) is 0 Å². The number of esters is 1. The molecule has 1 heterocycles. The summed E-state index contributed by atoms with van der Waals surface area (Å²) in [5.74, 6) is -0.363. The molecule has 0 N–H and O–H groups in total. The van der Waals surface area contributed by atoms with Gasteiger partial charge in [0, 0.05) is 6.08 Å². The first-order valence-electron chi connectivity index (χ1n) is 8.64. The average molecular weight is 342 g/mol. The van der Waals surface area contributed by atoms with Gasteiger partial charge >= 0.3 is 13.1 Å². The third-order valence-electron chi connectivity index (χ3n) is 4.79. The number of ether oxygens (including phenoxy) is 1. The summed E-state index contributed by atoms with van der Waals surface area (Å²) in [5, 5.41) is 0. The van der Waals surface area contributed by atoms with Crippen molar-refractivity contribution in [1.82, 2.24) is 0 Å². The van der Waals surface area contributed by atoms with Crippen molar-refractivity contribution in [3.63, 3.8) is 0 Å². The van der Waals surface area contributed by atoms with Crippen LogP contribution in [-0.4, -0.2) is 30.9 Å². The van der Waals surface area contributed by atoms with E-state index in [-0.39, 0.29) is 5.97 Å². The Morgan fingerprint density at radius 3 is 2.16 bits per heavy atom. The highest BCUT2D eigenvalue weighted by molar-refractivity contribution is 6.56. The molecule has 0 saturated carbocycles. The van der Waals surface area contributed by atoms with E-state index in [9.17, 15) is 4.79 Å². The summed E-state index contributed by atoms with van der Waals surface area (Å²) in [4.78, 5) is 11.7. The fourth-order valence-electron chi connectivity index (χ4n) is 2.56. The van der Waals surface area contributed by atoms with E-state index in [2.05, 4.69) is 0 Å². The van der Waals surface area contributed by atoms with Crippen molar-refractivity contribution in [2.75, 3.05) is 6.61 Å². The summed E-state index contributed by atoms with van der Waals surface area (Å²) in [6, 6.07) is 9.88. The zero-order valence-electron chi connectivity index (χ0n) is 16.0. The molecule has 0 atom stereocenters. The lowest BCUT2D eigenvalue weighted by molar-refractivity contribution is -0.137. The molecule has 25 heavy (non-hydrogen) atoms. The topological polar surface area (TPSA) is 44.8 Å². The first kappa shape index (κ1) is 19.5. The number of hydrogen-bond acceptors (Lipinski definition) is 4. The molecule has 0 bridgehead atoms. The first-order valence-corrected chi connectivity index (χ1v) is 8.64. The van der Waals surface area contributed by atoms with Crippen molar-refractivity contribution >= 4 is 18.7 Å². The number of allylic oxidation sites excluding steroid dienone is 3. The van der Waals surface area contributed by atoms with Gasteiger partial charge in [0.15, 0.2) is 0 Å². The summed E-state index contributed by atoms with van der Waals surface area (Å²) in [6.07, 6.45) is 3.22. The van der Waals surface area contributed by atoms with Crippen molar-refractivity contribution in [1.29, 1.82) is 0 Å². The highest BCUT2D eigenvalue weighted by atomic mass is 16.7. The average Bonchev–Trinajstić information content (AvgIpc) is 2.77. The van der Waals surface area contributed by atoms with Crippen LogP contribution in [0.2, 0.25) is 0 Å². The van der Waals surface area contributed by atoms with Crippen LogP contribution in [0.25, 0.3) is 5.57 Å². The van der Waals surface area contributed by atoms with Crippen molar-refractivity contribution in [3.8, 4) is 0 Å². The molecule has 4 nitrogen and oxygen atoms in total. The van der Waals surface area contributed by atoms with Crippen molar-refractivity contribution in [3.05, 3.63) is 53.5 Å². The number of carbonyl (C=O) groups excluding carboxylic acids is 1. The predicted octanol–water partition coefficient (Wildman–Crippen LogP) is 4.21. The third-order valence-corrected chi connectivity index (χ3v) is 4.79. The smallest absolute Gasteiger partial charge is 0.463 e. The highest BCUT2D eigenvalue weighted by Gasteiger charge is 2.52. The van der Waals surface area contributed by atoms with E-state index in [4.69, 9.17) is 14.0 Å². The fraction of sp³-hybridized carbons (Fsp3) is 0.450. The van der Waals surface area contributed by atoms with Crippen molar-refractivity contribution in [2.45, 2.75) is 52.7 Å². The van der Waals surface area contributed by atoms with Gasteiger partial charge in [-0.3, -0.25) is 0 Å². The number of carbonyl (C=O) groups is 1. The molecular weight excluding hydrogens is 315 g/mol. The standard InChI is InChI=1S/C20H27BO4/c1-7-23-18(22)14-13-17(16-11-9-8-10-12-16)15(2)21-24-19(3,4)20(5,6)25-21/h8-14H,7H2,1-6H3/b14-13+,17-15+. The lowest BCUT2D eigenvalue weighted by Gasteiger charge is -2.32. The van der Waals surface area contributed by atoms with Gasteiger partial charge in [-0.05, 0) is 64.2 Å². The Kier molecular flexibility index (Phi) is 5.91. The van der Waals surface area contributed by atoms with E-state index < -0.39 is 18.3 Å². The lowest BCUT2D eigenvalue weighted by Crippen LogP contribution is -2.41. The molecule has 1 aliphatic rings. The van der Waals surface area contributed by atoms with Crippen molar-refractivity contribution < 1.29 is 18.8 Å². The Hall–Kier alpha value is -1.85. The second kappa shape index (κ2) is 7.59. The minimum atomic E-state index is -0.466. The maximum atomic E-state index is 11.7. The van der Waals surface area contributed by atoms with Gasteiger partial charge in [0.2, 0.25) is 0 Å². The SMILES string of the molecule is CCOC(=O)/C=C/C(=C(/C)B1OC(C)(C)C(C)(C)O1)c1ccccc1. The van der Waals surface area contributed by atoms with Crippen LogP contribution in [0.15, 0.2) is 48.0 Å². The molecule has 0 aromatic heterocycles. The molecule has 1 fully saturated rings. The summed E-state index contributed by atoms with van der Waals surface area (Å²) >= 11 is 0. The van der Waals surface area contributed by atoms with Crippen LogP contribution in [0.1, 0.15) is 47.1 Å². The molecule has 2 rings (SSSR count). The highest BCUT2D eigenvalue weighted by Crippen LogP contribution is 2.39. The molecule has 1 aromatic rings. The zero-order valence-corrected chi connectivity index (χ0v) is 16.0.